The second-order valence-corrected chi connectivity index (χ2v) is 5.95. The Hall–Kier alpha value is -2.88. The van der Waals surface area contributed by atoms with Crippen LogP contribution < -0.4 is 5.56 Å². The van der Waals surface area contributed by atoms with Gasteiger partial charge >= 0.3 is 0 Å². The zero-order valence-corrected chi connectivity index (χ0v) is 13.2. The Balaban J connectivity index is 2.02. The first-order valence-electron chi connectivity index (χ1n) is 7.67. The smallest absolute Gasteiger partial charge is 0.261 e. The molecule has 2 aromatic carbocycles. The highest BCUT2D eigenvalue weighted by molar-refractivity contribution is 5.80. The molecule has 2 heterocycles. The van der Waals surface area contributed by atoms with E-state index in [1.165, 1.54) is 5.56 Å². The summed E-state index contributed by atoms with van der Waals surface area (Å²) < 4.78 is 3.66. The number of rotatable bonds is 2. The molecule has 0 spiro atoms. The maximum Gasteiger partial charge on any atom is 0.261 e. The standard InChI is InChI=1S/C19H17N3O/c1-13-7-9-15(10-8-13)12-21-18-11-14(2)20-22(18)17-6-4-3-5-16(17)19(21)23/h3-11H,12H2,1-2H3. The summed E-state index contributed by atoms with van der Waals surface area (Å²) in [5.41, 5.74) is 4.92. The molecule has 4 aromatic rings. The predicted molar refractivity (Wildman–Crippen MR) is 92.0 cm³/mol. The van der Waals surface area contributed by atoms with Crippen LogP contribution in [0.3, 0.4) is 0 Å². The van der Waals surface area contributed by atoms with E-state index in [1.54, 1.807) is 4.57 Å². The van der Waals surface area contributed by atoms with E-state index < -0.39 is 0 Å². The molecular weight excluding hydrogens is 286 g/mol. The van der Waals surface area contributed by atoms with Gasteiger partial charge in [0.05, 0.1) is 23.1 Å². The summed E-state index contributed by atoms with van der Waals surface area (Å²) in [6.45, 7) is 4.55. The molecule has 0 saturated heterocycles. The van der Waals surface area contributed by atoms with Crippen LogP contribution in [-0.2, 0) is 6.54 Å². The highest BCUT2D eigenvalue weighted by atomic mass is 16.1. The lowest BCUT2D eigenvalue weighted by Gasteiger charge is -2.11. The highest BCUT2D eigenvalue weighted by Gasteiger charge is 2.12. The summed E-state index contributed by atoms with van der Waals surface area (Å²) in [6, 6.07) is 17.9. The van der Waals surface area contributed by atoms with Crippen molar-refractivity contribution in [2.45, 2.75) is 20.4 Å². The maximum atomic E-state index is 12.9. The van der Waals surface area contributed by atoms with Gasteiger partial charge in [0, 0.05) is 6.07 Å². The third-order valence-electron chi connectivity index (χ3n) is 4.16. The van der Waals surface area contributed by atoms with Crippen molar-refractivity contribution in [3.05, 3.63) is 81.8 Å². The lowest BCUT2D eigenvalue weighted by molar-refractivity contribution is 0.766. The molecule has 0 aliphatic carbocycles. The van der Waals surface area contributed by atoms with E-state index in [-0.39, 0.29) is 5.56 Å². The van der Waals surface area contributed by atoms with E-state index in [9.17, 15) is 4.79 Å². The molecule has 0 atom stereocenters. The molecule has 23 heavy (non-hydrogen) atoms. The fourth-order valence-electron chi connectivity index (χ4n) is 2.97. The van der Waals surface area contributed by atoms with E-state index in [2.05, 4.69) is 36.3 Å². The molecule has 0 unspecified atom stereocenters. The Labute approximate surface area is 133 Å². The van der Waals surface area contributed by atoms with E-state index >= 15 is 0 Å². The minimum atomic E-state index is 0.0218. The van der Waals surface area contributed by atoms with Crippen molar-refractivity contribution in [1.29, 1.82) is 0 Å². The molecule has 0 saturated carbocycles. The Morgan fingerprint density at radius 2 is 1.74 bits per heavy atom. The molecule has 2 aromatic heterocycles. The first-order valence-corrected chi connectivity index (χ1v) is 7.67. The summed E-state index contributed by atoms with van der Waals surface area (Å²) in [5, 5.41) is 5.25. The van der Waals surface area contributed by atoms with Gasteiger partial charge in [-0.25, -0.2) is 4.52 Å². The maximum absolute atomic E-state index is 12.9. The first-order chi connectivity index (χ1) is 11.1. The molecule has 114 valence electrons. The van der Waals surface area contributed by atoms with Gasteiger partial charge in [-0.1, -0.05) is 42.0 Å². The van der Waals surface area contributed by atoms with Crippen molar-refractivity contribution >= 4 is 16.6 Å². The Morgan fingerprint density at radius 1 is 1.00 bits per heavy atom. The van der Waals surface area contributed by atoms with Crippen LogP contribution in [0.25, 0.3) is 16.6 Å². The molecule has 4 rings (SSSR count). The minimum Gasteiger partial charge on any atom is -0.288 e. The normalized spacial score (nSPS) is 11.4. The van der Waals surface area contributed by atoms with Crippen molar-refractivity contribution in [1.82, 2.24) is 14.2 Å². The van der Waals surface area contributed by atoms with Gasteiger partial charge in [-0.15, -0.1) is 0 Å². The number of nitrogens with zero attached hydrogens (tertiary/aromatic N) is 3. The number of hydrogen-bond donors (Lipinski definition) is 0. The summed E-state index contributed by atoms with van der Waals surface area (Å²) in [6.07, 6.45) is 0. The number of aryl methyl sites for hydroxylation is 2. The van der Waals surface area contributed by atoms with Gasteiger partial charge in [0.1, 0.15) is 5.65 Å². The Morgan fingerprint density at radius 3 is 2.52 bits per heavy atom. The average Bonchev–Trinajstić information content (AvgIpc) is 2.95. The fraction of sp³-hybridized carbons (Fsp3) is 0.158. The molecule has 0 fully saturated rings. The predicted octanol–water partition coefficient (Wildman–Crippen LogP) is 3.31. The average molecular weight is 303 g/mol. The molecule has 4 nitrogen and oxygen atoms in total. The zero-order chi connectivity index (χ0) is 16.0. The number of hydrogen-bond acceptors (Lipinski definition) is 2. The van der Waals surface area contributed by atoms with Crippen molar-refractivity contribution in [2.75, 3.05) is 0 Å². The molecule has 0 N–H and O–H groups in total. The van der Waals surface area contributed by atoms with E-state index in [4.69, 9.17) is 0 Å². The van der Waals surface area contributed by atoms with Crippen LogP contribution in [0.5, 0.6) is 0 Å². The van der Waals surface area contributed by atoms with Crippen LogP contribution in [0.1, 0.15) is 16.8 Å². The molecule has 0 radical (unpaired) electrons. The third-order valence-corrected chi connectivity index (χ3v) is 4.16. The minimum absolute atomic E-state index is 0.0218. The van der Waals surface area contributed by atoms with Crippen LogP contribution in [0.4, 0.5) is 0 Å². The summed E-state index contributed by atoms with van der Waals surface area (Å²) in [5.74, 6) is 0. The largest absolute Gasteiger partial charge is 0.288 e. The lowest BCUT2D eigenvalue weighted by atomic mass is 10.1. The monoisotopic (exact) mass is 303 g/mol. The quantitative estimate of drug-likeness (QED) is 0.570. The molecule has 0 aliphatic heterocycles. The van der Waals surface area contributed by atoms with Gasteiger partial charge in [0.25, 0.3) is 5.56 Å². The van der Waals surface area contributed by atoms with Crippen LogP contribution in [0.15, 0.2) is 59.4 Å². The van der Waals surface area contributed by atoms with Crippen molar-refractivity contribution in [3.8, 4) is 0 Å². The van der Waals surface area contributed by atoms with Crippen molar-refractivity contribution in [2.24, 2.45) is 0 Å². The van der Waals surface area contributed by atoms with Crippen molar-refractivity contribution in [3.63, 3.8) is 0 Å². The van der Waals surface area contributed by atoms with Gasteiger partial charge in [-0.05, 0) is 31.5 Å². The molecule has 0 aliphatic rings. The van der Waals surface area contributed by atoms with Gasteiger partial charge in [0.15, 0.2) is 0 Å². The van der Waals surface area contributed by atoms with Crippen LogP contribution >= 0.6 is 0 Å². The SMILES string of the molecule is Cc1ccc(Cn2c(=O)c3ccccc3n3nc(C)cc23)cc1. The van der Waals surface area contributed by atoms with Gasteiger partial charge in [0.2, 0.25) is 0 Å². The number of fused-ring (bicyclic) bond motifs is 3. The highest BCUT2D eigenvalue weighted by Crippen LogP contribution is 2.15. The Kier molecular flexibility index (Phi) is 3.05. The fourth-order valence-corrected chi connectivity index (χ4v) is 2.97. The second-order valence-electron chi connectivity index (χ2n) is 5.95. The second kappa shape index (κ2) is 5.09. The molecule has 4 heteroatoms. The topological polar surface area (TPSA) is 39.3 Å². The number of para-hydroxylation sites is 1. The van der Waals surface area contributed by atoms with Crippen LogP contribution in [0.2, 0.25) is 0 Å². The zero-order valence-electron chi connectivity index (χ0n) is 13.2. The van der Waals surface area contributed by atoms with Crippen LogP contribution in [0, 0.1) is 13.8 Å². The first kappa shape index (κ1) is 13.8. The van der Waals surface area contributed by atoms with E-state index in [1.807, 2.05) is 41.8 Å². The number of aromatic nitrogens is 3. The van der Waals surface area contributed by atoms with Crippen LogP contribution in [-0.4, -0.2) is 14.2 Å². The van der Waals surface area contributed by atoms with E-state index in [0.717, 1.165) is 22.4 Å². The van der Waals surface area contributed by atoms with Gasteiger partial charge in [-0.2, -0.15) is 5.10 Å². The molecule has 0 bridgehead atoms. The van der Waals surface area contributed by atoms with Gasteiger partial charge < -0.3 is 0 Å². The number of benzene rings is 2. The summed E-state index contributed by atoms with van der Waals surface area (Å²) in [4.78, 5) is 12.9. The third kappa shape index (κ3) is 2.23. The molecular formula is C19H17N3O. The van der Waals surface area contributed by atoms with Gasteiger partial charge in [-0.3, -0.25) is 9.36 Å². The van der Waals surface area contributed by atoms with Crippen molar-refractivity contribution < 1.29 is 0 Å². The summed E-state index contributed by atoms with van der Waals surface area (Å²) >= 11 is 0. The Bertz CT molecular complexity index is 1070. The lowest BCUT2D eigenvalue weighted by Crippen LogP contribution is -2.23. The summed E-state index contributed by atoms with van der Waals surface area (Å²) in [7, 11) is 0. The molecule has 0 amide bonds. The van der Waals surface area contributed by atoms with E-state index in [0.29, 0.717) is 11.9 Å².